The average Bonchev–Trinajstić information content (AvgIpc) is 3.29. The summed E-state index contributed by atoms with van der Waals surface area (Å²) >= 11 is 0. The maximum atomic E-state index is 12.2. The number of pyridine rings is 1. The summed E-state index contributed by atoms with van der Waals surface area (Å²) in [5, 5.41) is 11.3. The van der Waals surface area contributed by atoms with E-state index in [9.17, 15) is 4.79 Å². The van der Waals surface area contributed by atoms with Crippen LogP contribution < -0.4 is 10.6 Å². The molecular formula is C22H22N6O. The number of urea groups is 1. The van der Waals surface area contributed by atoms with Gasteiger partial charge in [-0.1, -0.05) is 12.1 Å². The van der Waals surface area contributed by atoms with Crippen LogP contribution in [0.4, 0.5) is 10.5 Å². The van der Waals surface area contributed by atoms with Crippen molar-refractivity contribution in [2.45, 2.75) is 19.8 Å². The summed E-state index contributed by atoms with van der Waals surface area (Å²) in [7, 11) is 0. The fraction of sp³-hybridized carbons (Fsp3) is 0.227. The molecule has 1 aliphatic rings. The Kier molecular flexibility index (Phi) is 4.27. The molecular weight excluding hydrogens is 364 g/mol. The fourth-order valence-electron chi connectivity index (χ4n) is 3.32. The zero-order valence-corrected chi connectivity index (χ0v) is 16.1. The Bertz CT molecular complexity index is 1170. The molecule has 4 aromatic rings. The van der Waals surface area contributed by atoms with Gasteiger partial charge in [-0.05, 0) is 55.0 Å². The highest BCUT2D eigenvalue weighted by Crippen LogP contribution is 2.30. The molecule has 1 aromatic carbocycles. The van der Waals surface area contributed by atoms with Crippen molar-refractivity contribution >= 4 is 22.6 Å². The molecule has 0 atom stereocenters. The van der Waals surface area contributed by atoms with Crippen LogP contribution in [0, 0.1) is 12.8 Å². The van der Waals surface area contributed by atoms with E-state index >= 15 is 0 Å². The Labute approximate surface area is 168 Å². The van der Waals surface area contributed by atoms with Gasteiger partial charge in [0.05, 0.1) is 11.9 Å². The van der Waals surface area contributed by atoms with Gasteiger partial charge in [0.1, 0.15) is 0 Å². The number of rotatable bonds is 5. The number of anilines is 1. The van der Waals surface area contributed by atoms with Gasteiger partial charge in [0.15, 0.2) is 5.82 Å². The number of hydrogen-bond acceptors (Lipinski definition) is 3. The van der Waals surface area contributed by atoms with Crippen molar-refractivity contribution < 1.29 is 4.79 Å². The highest BCUT2D eigenvalue weighted by molar-refractivity contribution is 6.02. The first kappa shape index (κ1) is 17.5. The van der Waals surface area contributed by atoms with Gasteiger partial charge in [0.25, 0.3) is 0 Å². The quantitative estimate of drug-likeness (QED) is 0.479. The number of amides is 2. The lowest BCUT2D eigenvalue weighted by Gasteiger charge is -2.06. The van der Waals surface area contributed by atoms with Crippen molar-refractivity contribution in [1.82, 2.24) is 25.1 Å². The molecule has 3 heterocycles. The Morgan fingerprint density at radius 1 is 1.21 bits per heavy atom. The van der Waals surface area contributed by atoms with E-state index in [2.05, 4.69) is 31.8 Å². The second-order valence-electron chi connectivity index (χ2n) is 7.61. The molecule has 0 bridgehead atoms. The lowest BCUT2D eigenvalue weighted by Crippen LogP contribution is -2.30. The van der Waals surface area contributed by atoms with Gasteiger partial charge < -0.3 is 15.6 Å². The standard InChI is InChI=1S/C22H22N6O/c1-14-2-7-21(24-9-14)28-13-17(11-26-28)16-5-6-19-18(8-16)20(12-23-19)27-22(29)25-10-15-3-4-15/h2,5-9,11-13,15,23H,3-4,10H2,1H3,(H2,25,27,29). The van der Waals surface area contributed by atoms with Gasteiger partial charge in [-0.15, -0.1) is 0 Å². The maximum absolute atomic E-state index is 12.2. The molecule has 7 nitrogen and oxygen atoms in total. The van der Waals surface area contributed by atoms with Crippen molar-refractivity contribution in [3.63, 3.8) is 0 Å². The van der Waals surface area contributed by atoms with Crippen LogP contribution in [0.3, 0.4) is 0 Å². The Morgan fingerprint density at radius 2 is 2.10 bits per heavy atom. The third-order valence-electron chi connectivity index (χ3n) is 5.22. The minimum absolute atomic E-state index is 0.165. The monoisotopic (exact) mass is 386 g/mol. The van der Waals surface area contributed by atoms with Gasteiger partial charge in [-0.3, -0.25) is 0 Å². The van der Waals surface area contributed by atoms with Crippen molar-refractivity contribution in [1.29, 1.82) is 0 Å². The minimum Gasteiger partial charge on any atom is -0.359 e. The van der Waals surface area contributed by atoms with Gasteiger partial charge in [0.2, 0.25) is 0 Å². The number of nitrogens with zero attached hydrogens (tertiary/aromatic N) is 3. The van der Waals surface area contributed by atoms with E-state index in [1.807, 2.05) is 56.0 Å². The van der Waals surface area contributed by atoms with Crippen molar-refractivity contribution in [2.75, 3.05) is 11.9 Å². The summed E-state index contributed by atoms with van der Waals surface area (Å²) < 4.78 is 1.76. The number of carbonyl (C=O) groups is 1. The van der Waals surface area contributed by atoms with Crippen molar-refractivity contribution in [3.8, 4) is 16.9 Å². The summed E-state index contributed by atoms with van der Waals surface area (Å²) in [6.45, 7) is 2.75. The largest absolute Gasteiger partial charge is 0.359 e. The van der Waals surface area contributed by atoms with E-state index in [0.717, 1.165) is 45.6 Å². The van der Waals surface area contributed by atoms with Crippen LogP contribution in [0.25, 0.3) is 27.8 Å². The molecule has 0 radical (unpaired) electrons. The highest BCUT2D eigenvalue weighted by atomic mass is 16.2. The van der Waals surface area contributed by atoms with Gasteiger partial charge in [0, 0.05) is 41.6 Å². The van der Waals surface area contributed by atoms with Crippen LogP contribution in [0.1, 0.15) is 18.4 Å². The summed E-state index contributed by atoms with van der Waals surface area (Å²) in [6.07, 6.45) is 9.86. The first-order valence-electron chi connectivity index (χ1n) is 9.80. The van der Waals surface area contributed by atoms with Crippen LogP contribution in [-0.2, 0) is 0 Å². The number of aromatic amines is 1. The predicted molar refractivity (Wildman–Crippen MR) is 113 cm³/mol. The number of fused-ring (bicyclic) bond motifs is 1. The van der Waals surface area contributed by atoms with Crippen LogP contribution >= 0.6 is 0 Å². The van der Waals surface area contributed by atoms with Crippen LogP contribution in [0.5, 0.6) is 0 Å². The molecule has 5 rings (SSSR count). The number of aryl methyl sites for hydroxylation is 1. The Hall–Kier alpha value is -3.61. The lowest BCUT2D eigenvalue weighted by atomic mass is 10.1. The van der Waals surface area contributed by atoms with Gasteiger partial charge >= 0.3 is 6.03 Å². The van der Waals surface area contributed by atoms with E-state index < -0.39 is 0 Å². The first-order chi connectivity index (χ1) is 14.2. The normalized spacial score (nSPS) is 13.6. The zero-order chi connectivity index (χ0) is 19.8. The van der Waals surface area contributed by atoms with E-state index in [-0.39, 0.29) is 6.03 Å². The smallest absolute Gasteiger partial charge is 0.319 e. The molecule has 29 heavy (non-hydrogen) atoms. The van der Waals surface area contributed by atoms with Crippen molar-refractivity contribution in [3.05, 3.63) is 60.7 Å². The van der Waals surface area contributed by atoms with Crippen LogP contribution in [0.2, 0.25) is 0 Å². The molecule has 3 N–H and O–H groups in total. The third-order valence-corrected chi connectivity index (χ3v) is 5.22. The van der Waals surface area contributed by atoms with E-state index in [4.69, 9.17) is 0 Å². The second-order valence-corrected chi connectivity index (χ2v) is 7.61. The Balaban J connectivity index is 1.39. The number of aromatic nitrogens is 4. The molecule has 1 saturated carbocycles. The van der Waals surface area contributed by atoms with Gasteiger partial charge in [-0.25, -0.2) is 14.5 Å². The molecule has 146 valence electrons. The molecule has 0 saturated heterocycles. The van der Waals surface area contributed by atoms with Crippen molar-refractivity contribution in [2.24, 2.45) is 5.92 Å². The van der Waals surface area contributed by atoms with E-state index in [0.29, 0.717) is 5.92 Å². The highest BCUT2D eigenvalue weighted by Gasteiger charge is 2.21. The summed E-state index contributed by atoms with van der Waals surface area (Å²) in [5.74, 6) is 1.43. The van der Waals surface area contributed by atoms with E-state index in [1.54, 1.807) is 4.68 Å². The predicted octanol–water partition coefficient (Wildman–Crippen LogP) is 4.26. The number of nitrogens with one attached hydrogen (secondary N) is 3. The zero-order valence-electron chi connectivity index (χ0n) is 16.1. The molecule has 0 unspecified atom stereocenters. The molecule has 0 aliphatic heterocycles. The van der Waals surface area contributed by atoms with E-state index in [1.165, 1.54) is 12.8 Å². The topological polar surface area (TPSA) is 87.6 Å². The SMILES string of the molecule is Cc1ccc(-n2cc(-c3ccc4[nH]cc(NC(=O)NCC5CC5)c4c3)cn2)nc1. The number of H-pyrrole nitrogens is 1. The fourth-order valence-corrected chi connectivity index (χ4v) is 3.32. The molecule has 0 spiro atoms. The van der Waals surface area contributed by atoms with Crippen LogP contribution in [-0.4, -0.2) is 32.3 Å². The summed E-state index contributed by atoms with van der Waals surface area (Å²) in [5.41, 5.74) is 4.86. The number of carbonyl (C=O) groups excluding carboxylic acids is 1. The molecule has 7 heteroatoms. The molecule has 1 fully saturated rings. The summed E-state index contributed by atoms with van der Waals surface area (Å²) in [6, 6.07) is 9.91. The average molecular weight is 386 g/mol. The Morgan fingerprint density at radius 3 is 2.90 bits per heavy atom. The minimum atomic E-state index is -0.165. The maximum Gasteiger partial charge on any atom is 0.319 e. The molecule has 1 aliphatic carbocycles. The number of hydrogen-bond donors (Lipinski definition) is 3. The summed E-state index contributed by atoms with van der Waals surface area (Å²) in [4.78, 5) is 19.8. The lowest BCUT2D eigenvalue weighted by molar-refractivity contribution is 0.251. The van der Waals surface area contributed by atoms with Crippen LogP contribution in [0.15, 0.2) is 55.1 Å². The van der Waals surface area contributed by atoms with Gasteiger partial charge in [-0.2, -0.15) is 5.10 Å². The molecule has 3 aromatic heterocycles. The number of benzene rings is 1. The second kappa shape index (κ2) is 7.09. The third kappa shape index (κ3) is 3.71. The first-order valence-corrected chi connectivity index (χ1v) is 9.80. The molecule has 2 amide bonds.